The van der Waals surface area contributed by atoms with Gasteiger partial charge in [-0.15, -0.1) is 0 Å². The molecule has 0 aromatic heterocycles. The first-order valence-electron chi connectivity index (χ1n) is 8.47. The number of nitrogens with zero attached hydrogens (tertiary/aromatic N) is 2. The van der Waals surface area contributed by atoms with Crippen molar-refractivity contribution in [1.82, 2.24) is 4.31 Å². The number of carbonyl (C=O) groups excluding carboxylic acids is 1. The van der Waals surface area contributed by atoms with Crippen molar-refractivity contribution in [2.24, 2.45) is 0 Å². The number of nitrogens with one attached hydrogen (secondary N) is 1. The topological polar surface area (TPSA) is 110 Å². The molecule has 28 heavy (non-hydrogen) atoms. The number of anilines is 1. The van der Waals surface area contributed by atoms with Gasteiger partial charge in [0.25, 0.3) is 11.6 Å². The van der Waals surface area contributed by atoms with Crippen LogP contribution in [0.15, 0.2) is 41.3 Å². The molecule has 2 aromatic carbocycles. The fourth-order valence-corrected chi connectivity index (χ4v) is 4.55. The molecule has 0 saturated heterocycles. The molecule has 0 saturated carbocycles. The number of amides is 1. The summed E-state index contributed by atoms with van der Waals surface area (Å²) in [6, 6.07) is 8.23. The molecule has 2 aromatic rings. The summed E-state index contributed by atoms with van der Waals surface area (Å²) in [6.45, 7) is 5.81. The molecule has 10 heteroatoms. The number of benzene rings is 2. The quantitative estimate of drug-likeness (QED) is 0.535. The van der Waals surface area contributed by atoms with Crippen LogP contribution in [0.1, 0.15) is 29.8 Å². The number of nitro benzene ring substituents is 1. The highest BCUT2D eigenvalue weighted by molar-refractivity contribution is 7.89. The lowest BCUT2D eigenvalue weighted by atomic mass is 10.1. The van der Waals surface area contributed by atoms with E-state index in [4.69, 9.17) is 11.6 Å². The molecule has 0 aliphatic carbocycles. The van der Waals surface area contributed by atoms with Crippen molar-refractivity contribution in [2.45, 2.75) is 25.7 Å². The highest BCUT2D eigenvalue weighted by Crippen LogP contribution is 2.27. The van der Waals surface area contributed by atoms with Gasteiger partial charge in [-0.25, -0.2) is 8.42 Å². The number of hydrogen-bond acceptors (Lipinski definition) is 5. The third-order valence-electron chi connectivity index (χ3n) is 4.17. The number of nitro groups is 1. The van der Waals surface area contributed by atoms with Gasteiger partial charge < -0.3 is 5.32 Å². The molecular weight excluding hydrogens is 406 g/mol. The Morgan fingerprint density at radius 1 is 1.18 bits per heavy atom. The Balaban J connectivity index is 2.37. The average molecular weight is 426 g/mol. The van der Waals surface area contributed by atoms with Crippen LogP contribution in [0.25, 0.3) is 0 Å². The van der Waals surface area contributed by atoms with E-state index in [0.717, 1.165) is 6.07 Å². The molecule has 1 amide bonds. The van der Waals surface area contributed by atoms with Crippen molar-refractivity contribution in [1.29, 1.82) is 0 Å². The maximum atomic E-state index is 12.8. The van der Waals surface area contributed by atoms with Gasteiger partial charge in [-0.2, -0.15) is 4.31 Å². The van der Waals surface area contributed by atoms with Crippen molar-refractivity contribution in [3.63, 3.8) is 0 Å². The van der Waals surface area contributed by atoms with Gasteiger partial charge in [0.2, 0.25) is 10.0 Å². The van der Waals surface area contributed by atoms with Crippen LogP contribution in [0.4, 0.5) is 11.4 Å². The Bertz CT molecular complexity index is 1020. The molecule has 0 aliphatic rings. The van der Waals surface area contributed by atoms with Crippen LogP contribution in [0.3, 0.4) is 0 Å². The molecule has 0 bridgehead atoms. The minimum Gasteiger partial charge on any atom is -0.322 e. The van der Waals surface area contributed by atoms with Crippen molar-refractivity contribution in [3.8, 4) is 0 Å². The van der Waals surface area contributed by atoms with Gasteiger partial charge in [0.1, 0.15) is 5.02 Å². The largest absolute Gasteiger partial charge is 0.322 e. The molecule has 0 fully saturated rings. The lowest BCUT2D eigenvalue weighted by molar-refractivity contribution is -0.384. The summed E-state index contributed by atoms with van der Waals surface area (Å²) in [4.78, 5) is 22.9. The second kappa shape index (κ2) is 8.68. The van der Waals surface area contributed by atoms with Crippen LogP contribution in [0, 0.1) is 17.0 Å². The maximum absolute atomic E-state index is 12.8. The smallest absolute Gasteiger partial charge is 0.288 e. The van der Waals surface area contributed by atoms with E-state index in [1.54, 1.807) is 32.9 Å². The van der Waals surface area contributed by atoms with Gasteiger partial charge in [-0.3, -0.25) is 14.9 Å². The van der Waals surface area contributed by atoms with Crippen molar-refractivity contribution in [2.75, 3.05) is 18.4 Å². The number of halogens is 1. The predicted octanol–water partition coefficient (Wildman–Crippen LogP) is 3.84. The Kier molecular flexibility index (Phi) is 6.76. The zero-order valence-corrected chi connectivity index (χ0v) is 17.2. The predicted molar refractivity (Wildman–Crippen MR) is 107 cm³/mol. The minimum atomic E-state index is -3.70. The van der Waals surface area contributed by atoms with Gasteiger partial charge in [0.05, 0.1) is 9.82 Å². The van der Waals surface area contributed by atoms with Crippen LogP contribution < -0.4 is 5.32 Å². The van der Waals surface area contributed by atoms with Crippen molar-refractivity contribution < 1.29 is 18.1 Å². The fourth-order valence-electron chi connectivity index (χ4n) is 2.66. The zero-order valence-electron chi connectivity index (χ0n) is 15.6. The summed E-state index contributed by atoms with van der Waals surface area (Å²) in [5, 5.41) is 13.5. The van der Waals surface area contributed by atoms with Gasteiger partial charge in [0, 0.05) is 30.4 Å². The van der Waals surface area contributed by atoms with E-state index in [9.17, 15) is 23.3 Å². The zero-order chi connectivity index (χ0) is 21.1. The second-order valence-corrected chi connectivity index (χ2v) is 8.26. The first-order valence-corrected chi connectivity index (χ1v) is 10.3. The van der Waals surface area contributed by atoms with E-state index in [1.807, 2.05) is 0 Å². The van der Waals surface area contributed by atoms with Crippen LogP contribution in [-0.4, -0.2) is 36.6 Å². The standard InChI is InChI=1S/C18H20ClN3O5S/c1-4-21(5-2)28(26,27)17-11-14(8-6-12(17)3)20-18(23)13-7-9-15(19)16(10-13)22(24)25/h6-11H,4-5H2,1-3H3,(H,20,23). The number of hydrogen-bond donors (Lipinski definition) is 1. The summed E-state index contributed by atoms with van der Waals surface area (Å²) in [6.07, 6.45) is 0. The third-order valence-corrected chi connectivity index (χ3v) is 6.69. The van der Waals surface area contributed by atoms with Crippen LogP contribution >= 0.6 is 11.6 Å². The number of rotatable bonds is 7. The fraction of sp³-hybridized carbons (Fsp3) is 0.278. The molecule has 0 spiro atoms. The van der Waals surface area contributed by atoms with Gasteiger partial charge >= 0.3 is 0 Å². The molecular formula is C18H20ClN3O5S. The highest BCUT2D eigenvalue weighted by atomic mass is 35.5. The molecule has 2 rings (SSSR count). The summed E-state index contributed by atoms with van der Waals surface area (Å²) in [5.74, 6) is -0.616. The monoisotopic (exact) mass is 425 g/mol. The molecule has 0 aliphatic heterocycles. The molecule has 0 heterocycles. The van der Waals surface area contributed by atoms with Crippen LogP contribution in [0.2, 0.25) is 5.02 Å². The van der Waals surface area contributed by atoms with Crippen molar-refractivity contribution >= 4 is 38.9 Å². The summed E-state index contributed by atoms with van der Waals surface area (Å²) < 4.78 is 26.9. The number of sulfonamides is 1. The minimum absolute atomic E-state index is 0.0322. The second-order valence-electron chi connectivity index (χ2n) is 5.95. The summed E-state index contributed by atoms with van der Waals surface area (Å²) in [5.41, 5.74) is 0.457. The first-order chi connectivity index (χ1) is 13.1. The normalized spacial score (nSPS) is 11.5. The van der Waals surface area contributed by atoms with Gasteiger partial charge in [-0.1, -0.05) is 31.5 Å². The third kappa shape index (κ3) is 4.49. The number of aryl methyl sites for hydroxylation is 1. The molecule has 0 radical (unpaired) electrons. The molecule has 0 atom stereocenters. The summed E-state index contributed by atoms with van der Waals surface area (Å²) >= 11 is 5.76. The highest BCUT2D eigenvalue weighted by Gasteiger charge is 2.24. The SMILES string of the molecule is CCN(CC)S(=O)(=O)c1cc(NC(=O)c2ccc(Cl)c([N+](=O)[O-])c2)ccc1C. The van der Waals surface area contributed by atoms with E-state index >= 15 is 0 Å². The van der Waals surface area contributed by atoms with E-state index in [1.165, 1.54) is 22.5 Å². The van der Waals surface area contributed by atoms with Crippen molar-refractivity contribution in [3.05, 3.63) is 62.7 Å². The Morgan fingerprint density at radius 2 is 1.82 bits per heavy atom. The maximum Gasteiger partial charge on any atom is 0.288 e. The molecule has 0 unspecified atom stereocenters. The lowest BCUT2D eigenvalue weighted by Gasteiger charge is -2.20. The van der Waals surface area contributed by atoms with E-state index in [0.29, 0.717) is 18.7 Å². The average Bonchev–Trinajstić information content (AvgIpc) is 2.64. The van der Waals surface area contributed by atoms with E-state index in [-0.39, 0.29) is 26.9 Å². The Hall–Kier alpha value is -2.49. The lowest BCUT2D eigenvalue weighted by Crippen LogP contribution is -2.31. The molecule has 150 valence electrons. The summed E-state index contributed by atoms with van der Waals surface area (Å²) in [7, 11) is -3.70. The van der Waals surface area contributed by atoms with E-state index < -0.39 is 20.9 Å². The molecule has 1 N–H and O–H groups in total. The Labute approximate surface area is 168 Å². The molecule has 8 nitrogen and oxygen atoms in total. The van der Waals surface area contributed by atoms with Crippen LogP contribution in [-0.2, 0) is 10.0 Å². The van der Waals surface area contributed by atoms with Gasteiger partial charge in [-0.05, 0) is 36.8 Å². The number of carbonyl (C=O) groups is 1. The van der Waals surface area contributed by atoms with Crippen LogP contribution in [0.5, 0.6) is 0 Å². The first kappa shape index (κ1) is 21.8. The van der Waals surface area contributed by atoms with E-state index in [2.05, 4.69) is 5.32 Å². The van der Waals surface area contributed by atoms with Gasteiger partial charge in [0.15, 0.2) is 0 Å². The Morgan fingerprint density at radius 3 is 2.39 bits per heavy atom.